The van der Waals surface area contributed by atoms with Crippen molar-refractivity contribution in [3.8, 4) is 0 Å². The van der Waals surface area contributed by atoms with Crippen molar-refractivity contribution in [3.05, 3.63) is 46.7 Å². The molecular weight excluding hydrogens is 354 g/mol. The topological polar surface area (TPSA) is 81.1 Å². The Balaban J connectivity index is 1.64. The second-order valence-electron chi connectivity index (χ2n) is 6.53. The van der Waals surface area contributed by atoms with E-state index >= 15 is 0 Å². The Morgan fingerprint density at radius 1 is 1.35 bits per heavy atom. The number of methoxy groups -OCH3 is 1. The molecule has 2 unspecified atom stereocenters. The van der Waals surface area contributed by atoms with Crippen LogP contribution in [0, 0.1) is 0 Å². The Hall–Kier alpha value is -1.96. The minimum atomic E-state index is -0.282. The highest BCUT2D eigenvalue weighted by Crippen LogP contribution is 2.23. The summed E-state index contributed by atoms with van der Waals surface area (Å²) < 4.78 is 7.37. The van der Waals surface area contributed by atoms with E-state index in [9.17, 15) is 4.79 Å². The second kappa shape index (κ2) is 8.62. The number of amides is 1. The van der Waals surface area contributed by atoms with Gasteiger partial charge in [0.2, 0.25) is 0 Å². The molecule has 0 radical (unpaired) electrons. The number of halogens is 1. The zero-order valence-electron chi connectivity index (χ0n) is 15.0. The molecule has 2 N–H and O–H groups in total. The van der Waals surface area contributed by atoms with Crippen molar-refractivity contribution < 1.29 is 9.53 Å². The molecule has 1 saturated heterocycles. The van der Waals surface area contributed by atoms with Gasteiger partial charge in [-0.3, -0.25) is 4.79 Å². The lowest BCUT2D eigenvalue weighted by Gasteiger charge is -2.24. The first-order valence-electron chi connectivity index (χ1n) is 8.80. The van der Waals surface area contributed by atoms with Gasteiger partial charge in [0.15, 0.2) is 5.69 Å². The van der Waals surface area contributed by atoms with Crippen LogP contribution in [0.25, 0.3) is 0 Å². The molecule has 1 aliphatic heterocycles. The van der Waals surface area contributed by atoms with E-state index < -0.39 is 0 Å². The number of aromatic nitrogens is 3. The van der Waals surface area contributed by atoms with Crippen molar-refractivity contribution in [2.75, 3.05) is 20.2 Å². The molecule has 7 nitrogen and oxygen atoms in total. The molecule has 1 aromatic carbocycles. The van der Waals surface area contributed by atoms with Crippen LogP contribution in [0.5, 0.6) is 0 Å². The first kappa shape index (κ1) is 18.8. The number of nitrogens with one attached hydrogen (secondary N) is 2. The van der Waals surface area contributed by atoms with E-state index in [2.05, 4.69) is 20.9 Å². The Labute approximate surface area is 158 Å². The maximum Gasteiger partial charge on any atom is 0.273 e. The number of carbonyl (C=O) groups is 1. The van der Waals surface area contributed by atoms with Crippen LogP contribution >= 0.6 is 11.6 Å². The summed E-state index contributed by atoms with van der Waals surface area (Å²) in [5.74, 6) is -0.256. The molecule has 0 spiro atoms. The van der Waals surface area contributed by atoms with Crippen molar-refractivity contribution in [1.29, 1.82) is 0 Å². The van der Waals surface area contributed by atoms with Crippen LogP contribution in [-0.4, -0.2) is 47.1 Å². The summed E-state index contributed by atoms with van der Waals surface area (Å²) >= 11 is 5.94. The van der Waals surface area contributed by atoms with Crippen LogP contribution in [0.15, 0.2) is 30.5 Å². The van der Waals surface area contributed by atoms with E-state index in [1.54, 1.807) is 18.0 Å². The highest BCUT2D eigenvalue weighted by molar-refractivity contribution is 6.30. The van der Waals surface area contributed by atoms with Crippen LogP contribution in [0.2, 0.25) is 5.02 Å². The van der Waals surface area contributed by atoms with Crippen molar-refractivity contribution in [3.63, 3.8) is 0 Å². The van der Waals surface area contributed by atoms with E-state index in [0.29, 0.717) is 16.8 Å². The Bertz CT molecular complexity index is 727. The molecule has 0 bridgehead atoms. The molecule has 1 aliphatic rings. The molecule has 3 rings (SSSR count). The third kappa shape index (κ3) is 4.41. The van der Waals surface area contributed by atoms with E-state index in [0.717, 1.165) is 31.5 Å². The fourth-order valence-electron chi connectivity index (χ4n) is 3.27. The van der Waals surface area contributed by atoms with Gasteiger partial charge >= 0.3 is 0 Å². The zero-order chi connectivity index (χ0) is 18.5. The number of benzene rings is 1. The summed E-state index contributed by atoms with van der Waals surface area (Å²) in [6.45, 7) is 3.82. The van der Waals surface area contributed by atoms with Gasteiger partial charge in [0.1, 0.15) is 6.10 Å². The average Bonchev–Trinajstić information content (AvgIpc) is 3.15. The quantitative estimate of drug-likeness (QED) is 0.807. The number of rotatable bonds is 6. The molecule has 26 heavy (non-hydrogen) atoms. The number of nitrogens with zero attached hydrogens (tertiary/aromatic N) is 3. The number of carbonyl (C=O) groups excluding carboxylic acids is 1. The predicted molar refractivity (Wildman–Crippen MR) is 99.3 cm³/mol. The molecule has 2 aromatic rings. The molecule has 1 amide bonds. The van der Waals surface area contributed by atoms with Gasteiger partial charge < -0.3 is 15.4 Å². The minimum Gasteiger partial charge on any atom is -0.375 e. The summed E-state index contributed by atoms with van der Waals surface area (Å²) in [6.07, 6.45) is 3.42. The van der Waals surface area contributed by atoms with Crippen molar-refractivity contribution in [2.45, 2.75) is 38.0 Å². The summed E-state index contributed by atoms with van der Waals surface area (Å²) in [5, 5.41) is 15.1. The number of hydrogen-bond acceptors (Lipinski definition) is 5. The smallest absolute Gasteiger partial charge is 0.273 e. The van der Waals surface area contributed by atoms with E-state index in [1.807, 2.05) is 31.2 Å². The van der Waals surface area contributed by atoms with E-state index in [1.165, 1.54) is 0 Å². The van der Waals surface area contributed by atoms with Gasteiger partial charge in [-0.15, -0.1) is 5.10 Å². The summed E-state index contributed by atoms with van der Waals surface area (Å²) in [5.41, 5.74) is 1.27. The van der Waals surface area contributed by atoms with Crippen LogP contribution in [0.3, 0.4) is 0 Å². The monoisotopic (exact) mass is 377 g/mol. The molecular formula is C18H24ClN5O2. The lowest BCUT2D eigenvalue weighted by Crippen LogP contribution is -2.38. The molecule has 0 aliphatic carbocycles. The van der Waals surface area contributed by atoms with Gasteiger partial charge in [-0.05, 0) is 50.6 Å². The normalized spacial score (nSPS) is 17.7. The van der Waals surface area contributed by atoms with Gasteiger partial charge in [0.05, 0.1) is 18.3 Å². The fourth-order valence-corrected chi connectivity index (χ4v) is 3.39. The van der Waals surface area contributed by atoms with Gasteiger partial charge in [0.25, 0.3) is 5.91 Å². The standard InChI is InChI=1S/C18H24ClN5O2/c1-12(17(26-2)13-3-5-14(19)6-4-13)21-18(25)16-11-24(23-22-16)15-7-9-20-10-8-15/h3-6,11-12,15,17,20H,7-10H2,1-2H3,(H,21,25). The first-order chi connectivity index (χ1) is 12.6. The van der Waals surface area contributed by atoms with Crippen molar-refractivity contribution >= 4 is 17.5 Å². The third-order valence-electron chi connectivity index (χ3n) is 4.69. The van der Waals surface area contributed by atoms with E-state index in [-0.39, 0.29) is 18.1 Å². The third-order valence-corrected chi connectivity index (χ3v) is 4.94. The van der Waals surface area contributed by atoms with Crippen LogP contribution in [-0.2, 0) is 4.74 Å². The maximum atomic E-state index is 12.5. The van der Waals surface area contributed by atoms with Gasteiger partial charge in [-0.1, -0.05) is 28.9 Å². The first-order valence-corrected chi connectivity index (χ1v) is 9.18. The highest BCUT2D eigenvalue weighted by atomic mass is 35.5. The molecule has 140 valence electrons. The predicted octanol–water partition coefficient (Wildman–Crippen LogP) is 2.36. The van der Waals surface area contributed by atoms with Gasteiger partial charge in [-0.25, -0.2) is 4.68 Å². The minimum absolute atomic E-state index is 0.238. The van der Waals surface area contributed by atoms with Gasteiger partial charge in [0, 0.05) is 12.1 Å². The largest absolute Gasteiger partial charge is 0.375 e. The Kier molecular flexibility index (Phi) is 6.24. The molecule has 1 fully saturated rings. The van der Waals surface area contributed by atoms with Crippen LogP contribution < -0.4 is 10.6 Å². The summed E-state index contributed by atoms with van der Waals surface area (Å²) in [7, 11) is 1.62. The highest BCUT2D eigenvalue weighted by Gasteiger charge is 2.24. The summed E-state index contributed by atoms with van der Waals surface area (Å²) in [4.78, 5) is 12.5. The Morgan fingerprint density at radius 3 is 2.69 bits per heavy atom. The van der Waals surface area contributed by atoms with Crippen LogP contribution in [0.4, 0.5) is 0 Å². The number of piperidine rings is 1. The van der Waals surface area contributed by atoms with Crippen molar-refractivity contribution in [2.24, 2.45) is 0 Å². The molecule has 8 heteroatoms. The van der Waals surface area contributed by atoms with E-state index in [4.69, 9.17) is 16.3 Å². The zero-order valence-corrected chi connectivity index (χ0v) is 15.7. The second-order valence-corrected chi connectivity index (χ2v) is 6.97. The number of ether oxygens (including phenoxy) is 1. The molecule has 0 saturated carbocycles. The lowest BCUT2D eigenvalue weighted by atomic mass is 10.0. The average molecular weight is 378 g/mol. The van der Waals surface area contributed by atoms with Gasteiger partial charge in [-0.2, -0.15) is 0 Å². The van der Waals surface area contributed by atoms with Crippen LogP contribution in [0.1, 0.15) is 48.0 Å². The number of hydrogen-bond donors (Lipinski definition) is 2. The fraction of sp³-hybridized carbons (Fsp3) is 0.500. The molecule has 2 atom stereocenters. The lowest BCUT2D eigenvalue weighted by molar-refractivity contribution is 0.0642. The Morgan fingerprint density at radius 2 is 2.04 bits per heavy atom. The van der Waals surface area contributed by atoms with Crippen molar-refractivity contribution in [1.82, 2.24) is 25.6 Å². The maximum absolute atomic E-state index is 12.5. The summed E-state index contributed by atoms with van der Waals surface area (Å²) in [6, 6.07) is 7.46. The molecule has 2 heterocycles. The molecule has 1 aromatic heterocycles. The SMILES string of the molecule is COC(c1ccc(Cl)cc1)C(C)NC(=O)c1cn(C2CCNCC2)nn1.